The lowest BCUT2D eigenvalue weighted by molar-refractivity contribution is -0.140. The monoisotopic (exact) mass is 237 g/mol. The molecule has 0 aromatic rings. The van der Waals surface area contributed by atoms with Crippen LogP contribution in [-0.4, -0.2) is 44.7 Å². The molecule has 0 aromatic heterocycles. The van der Waals surface area contributed by atoms with Crippen molar-refractivity contribution in [2.24, 2.45) is 0 Å². The molecule has 0 aliphatic carbocycles. The van der Waals surface area contributed by atoms with Gasteiger partial charge in [0.25, 0.3) is 0 Å². The van der Waals surface area contributed by atoms with E-state index in [1.54, 1.807) is 24.1 Å². The Kier molecular flexibility index (Phi) is 4.51. The summed E-state index contributed by atoms with van der Waals surface area (Å²) in [5.74, 6) is -1.13. The first kappa shape index (κ1) is 13.0. The minimum Gasteiger partial charge on any atom is -0.465 e. The summed E-state index contributed by atoms with van der Waals surface area (Å²) in [6, 6.07) is 0. The van der Waals surface area contributed by atoms with Crippen molar-refractivity contribution in [3.05, 3.63) is 35.6 Å². The highest BCUT2D eigenvalue weighted by Crippen LogP contribution is 2.15. The van der Waals surface area contributed by atoms with Gasteiger partial charge in [-0.3, -0.25) is 0 Å². The second-order valence-corrected chi connectivity index (χ2v) is 3.41. The van der Waals surface area contributed by atoms with E-state index in [2.05, 4.69) is 9.47 Å². The molecule has 1 heterocycles. The van der Waals surface area contributed by atoms with Crippen molar-refractivity contribution in [2.45, 2.75) is 0 Å². The zero-order valence-electron chi connectivity index (χ0n) is 10.1. The van der Waals surface area contributed by atoms with Crippen LogP contribution in [0.4, 0.5) is 0 Å². The molecule has 1 rings (SSSR count). The largest absolute Gasteiger partial charge is 0.465 e. The number of ether oxygens (including phenoxy) is 2. The van der Waals surface area contributed by atoms with Gasteiger partial charge >= 0.3 is 11.9 Å². The lowest BCUT2D eigenvalue weighted by Gasteiger charge is -2.21. The Balaban J connectivity index is 3.30. The van der Waals surface area contributed by atoms with Crippen LogP contribution >= 0.6 is 0 Å². The third-order valence-corrected chi connectivity index (χ3v) is 2.31. The molecular formula is C12H15NO4. The SMILES string of the molecule is COC(=O)C1=C(\C(=O)OC)N(C)C\C=C/C=C\1. The fourth-order valence-electron chi connectivity index (χ4n) is 1.46. The highest BCUT2D eigenvalue weighted by atomic mass is 16.5. The molecule has 0 aromatic carbocycles. The number of carbonyl (C=O) groups is 2. The molecule has 0 unspecified atom stereocenters. The Morgan fingerprint density at radius 2 is 1.82 bits per heavy atom. The fraction of sp³-hybridized carbons (Fsp3) is 0.333. The molecule has 0 N–H and O–H groups in total. The van der Waals surface area contributed by atoms with E-state index in [9.17, 15) is 9.59 Å². The summed E-state index contributed by atoms with van der Waals surface area (Å²) in [5.41, 5.74) is 0.381. The van der Waals surface area contributed by atoms with Crippen LogP contribution in [0.15, 0.2) is 35.6 Å². The highest BCUT2D eigenvalue weighted by Gasteiger charge is 2.24. The first-order valence-corrected chi connectivity index (χ1v) is 5.07. The number of rotatable bonds is 2. The molecule has 1 aliphatic rings. The first-order valence-electron chi connectivity index (χ1n) is 5.07. The van der Waals surface area contributed by atoms with Crippen molar-refractivity contribution < 1.29 is 19.1 Å². The summed E-state index contributed by atoms with van der Waals surface area (Å²) in [6.45, 7) is 0.509. The van der Waals surface area contributed by atoms with Gasteiger partial charge in [0.05, 0.1) is 19.8 Å². The third-order valence-electron chi connectivity index (χ3n) is 2.31. The molecule has 5 nitrogen and oxygen atoms in total. The Morgan fingerprint density at radius 1 is 1.18 bits per heavy atom. The van der Waals surface area contributed by atoms with Crippen LogP contribution < -0.4 is 0 Å². The van der Waals surface area contributed by atoms with E-state index in [0.29, 0.717) is 6.54 Å². The Labute approximate surface area is 100.0 Å². The topological polar surface area (TPSA) is 55.8 Å². The van der Waals surface area contributed by atoms with Crippen LogP contribution in [0.5, 0.6) is 0 Å². The fourth-order valence-corrected chi connectivity index (χ4v) is 1.46. The molecule has 0 amide bonds. The van der Waals surface area contributed by atoms with E-state index in [4.69, 9.17) is 0 Å². The number of hydrogen-bond donors (Lipinski definition) is 0. The second-order valence-electron chi connectivity index (χ2n) is 3.41. The summed E-state index contributed by atoms with van der Waals surface area (Å²) >= 11 is 0. The van der Waals surface area contributed by atoms with E-state index in [1.165, 1.54) is 20.3 Å². The molecule has 17 heavy (non-hydrogen) atoms. The Morgan fingerprint density at radius 3 is 2.41 bits per heavy atom. The molecule has 0 saturated heterocycles. The molecule has 0 bridgehead atoms. The quantitative estimate of drug-likeness (QED) is 0.660. The first-order chi connectivity index (χ1) is 8.11. The van der Waals surface area contributed by atoms with E-state index in [-0.39, 0.29) is 11.3 Å². The van der Waals surface area contributed by atoms with Crippen LogP contribution in [-0.2, 0) is 19.1 Å². The number of esters is 2. The average molecular weight is 237 g/mol. The molecular weight excluding hydrogens is 222 g/mol. The number of likely N-dealkylation sites (N-methyl/N-ethyl adjacent to an activating group) is 1. The van der Waals surface area contributed by atoms with Gasteiger partial charge < -0.3 is 14.4 Å². The average Bonchev–Trinajstić information content (AvgIpc) is 2.32. The van der Waals surface area contributed by atoms with Crippen molar-refractivity contribution in [2.75, 3.05) is 27.8 Å². The summed E-state index contributed by atoms with van der Waals surface area (Å²) in [7, 11) is 4.25. The zero-order valence-corrected chi connectivity index (χ0v) is 10.1. The number of carbonyl (C=O) groups excluding carboxylic acids is 2. The van der Waals surface area contributed by atoms with Gasteiger partial charge in [0.2, 0.25) is 0 Å². The second kappa shape index (κ2) is 5.89. The van der Waals surface area contributed by atoms with E-state index in [1.807, 2.05) is 6.08 Å². The summed E-state index contributed by atoms with van der Waals surface area (Å²) in [4.78, 5) is 24.9. The molecule has 0 spiro atoms. The standard InChI is InChI=1S/C12H15NO4/c1-13-8-6-4-5-7-9(11(14)16-2)10(13)12(15)17-3/h4-7H,8H2,1-3H3/b6-4-,7-5-,10-9+. The van der Waals surface area contributed by atoms with Crippen molar-refractivity contribution in [3.63, 3.8) is 0 Å². The van der Waals surface area contributed by atoms with Gasteiger partial charge in [-0.15, -0.1) is 0 Å². The van der Waals surface area contributed by atoms with Gasteiger partial charge in [-0.2, -0.15) is 0 Å². The van der Waals surface area contributed by atoms with Crippen LogP contribution in [0.2, 0.25) is 0 Å². The minimum absolute atomic E-state index is 0.186. The van der Waals surface area contributed by atoms with E-state index >= 15 is 0 Å². The molecule has 0 atom stereocenters. The lowest BCUT2D eigenvalue weighted by atomic mass is 10.1. The lowest BCUT2D eigenvalue weighted by Crippen LogP contribution is -2.28. The summed E-state index contributed by atoms with van der Waals surface area (Å²) in [5, 5.41) is 0. The molecule has 92 valence electrons. The van der Waals surface area contributed by atoms with Gasteiger partial charge in [-0.25, -0.2) is 9.59 Å². The highest BCUT2D eigenvalue weighted by molar-refractivity contribution is 6.02. The van der Waals surface area contributed by atoms with Crippen molar-refractivity contribution in [3.8, 4) is 0 Å². The number of hydrogen-bond acceptors (Lipinski definition) is 5. The minimum atomic E-state index is -0.566. The van der Waals surface area contributed by atoms with Crippen LogP contribution in [0.1, 0.15) is 0 Å². The van der Waals surface area contributed by atoms with Crippen molar-refractivity contribution in [1.29, 1.82) is 0 Å². The van der Waals surface area contributed by atoms with E-state index < -0.39 is 11.9 Å². The van der Waals surface area contributed by atoms with Crippen LogP contribution in [0.3, 0.4) is 0 Å². The molecule has 0 saturated carbocycles. The predicted molar refractivity (Wildman–Crippen MR) is 62.0 cm³/mol. The normalized spacial score (nSPS) is 23.4. The Hall–Kier alpha value is -2.04. The zero-order chi connectivity index (χ0) is 12.8. The maximum atomic E-state index is 11.7. The maximum absolute atomic E-state index is 11.7. The molecule has 1 aliphatic heterocycles. The van der Waals surface area contributed by atoms with Gasteiger partial charge in [0.1, 0.15) is 5.70 Å². The predicted octanol–water partition coefficient (Wildman–Crippen LogP) is 0.644. The molecule has 0 fully saturated rings. The van der Waals surface area contributed by atoms with Crippen LogP contribution in [0, 0.1) is 0 Å². The maximum Gasteiger partial charge on any atom is 0.355 e. The molecule has 0 radical (unpaired) electrons. The van der Waals surface area contributed by atoms with Gasteiger partial charge in [0.15, 0.2) is 0 Å². The van der Waals surface area contributed by atoms with Crippen LogP contribution in [0.25, 0.3) is 0 Å². The van der Waals surface area contributed by atoms with Gasteiger partial charge in [0, 0.05) is 13.6 Å². The Bertz CT molecular complexity index is 407. The van der Waals surface area contributed by atoms with Gasteiger partial charge in [-0.05, 0) is 6.08 Å². The van der Waals surface area contributed by atoms with E-state index in [0.717, 1.165) is 0 Å². The number of allylic oxidation sites excluding steroid dienone is 2. The number of methoxy groups -OCH3 is 2. The smallest absolute Gasteiger partial charge is 0.355 e. The summed E-state index contributed by atoms with van der Waals surface area (Å²) < 4.78 is 9.33. The summed E-state index contributed by atoms with van der Waals surface area (Å²) in [6.07, 6.45) is 6.88. The van der Waals surface area contributed by atoms with Crippen molar-refractivity contribution in [1.82, 2.24) is 4.90 Å². The molecule has 5 heteroatoms. The number of nitrogens with zero attached hydrogens (tertiary/aromatic N) is 1. The van der Waals surface area contributed by atoms with Gasteiger partial charge in [-0.1, -0.05) is 18.2 Å². The van der Waals surface area contributed by atoms with Crippen molar-refractivity contribution >= 4 is 11.9 Å². The third kappa shape index (κ3) is 2.96.